The van der Waals surface area contributed by atoms with Crippen molar-refractivity contribution in [3.8, 4) is 0 Å². The van der Waals surface area contributed by atoms with Gasteiger partial charge in [0, 0.05) is 0 Å². The fourth-order valence-corrected chi connectivity index (χ4v) is 1.57. The molecule has 0 spiro atoms. The molecule has 1 aromatic rings. The minimum absolute atomic E-state index is 0.124. The number of pyridine rings is 1. The molecule has 0 aliphatic heterocycles. The molecular weight excluding hydrogens is 275 g/mol. The number of halogens is 3. The van der Waals surface area contributed by atoms with Crippen molar-refractivity contribution < 1.29 is 22.7 Å². The summed E-state index contributed by atoms with van der Waals surface area (Å²) < 4.78 is 42.6. The summed E-state index contributed by atoms with van der Waals surface area (Å²) in [6.07, 6.45) is -4.54. The van der Waals surface area contributed by atoms with Crippen molar-refractivity contribution in [1.82, 2.24) is 4.98 Å². The molecule has 1 atom stereocenters. The van der Waals surface area contributed by atoms with E-state index in [9.17, 15) is 18.0 Å². The molecule has 20 heavy (non-hydrogen) atoms. The Balaban J connectivity index is 3.07. The van der Waals surface area contributed by atoms with Gasteiger partial charge >= 0.3 is 12.1 Å². The van der Waals surface area contributed by atoms with Crippen LogP contribution in [0.25, 0.3) is 0 Å². The van der Waals surface area contributed by atoms with E-state index in [1.54, 1.807) is 13.8 Å². The Morgan fingerprint density at radius 3 is 2.45 bits per heavy atom. The number of aromatic nitrogens is 1. The number of carbonyl (C=O) groups excluding carboxylic acids is 1. The molecule has 0 aromatic carbocycles. The summed E-state index contributed by atoms with van der Waals surface area (Å²) in [5.41, 5.74) is 4.42. The number of hydrogen-bond acceptors (Lipinski definition) is 5. The number of methoxy groups -OCH3 is 1. The Kier molecular flexibility index (Phi) is 4.80. The van der Waals surface area contributed by atoms with Crippen molar-refractivity contribution in [2.45, 2.75) is 26.1 Å². The Labute approximate surface area is 114 Å². The molecule has 8 heteroatoms. The molecule has 3 N–H and O–H groups in total. The molecule has 0 bridgehead atoms. The number of rotatable bonds is 4. The van der Waals surface area contributed by atoms with Crippen LogP contribution in [0.15, 0.2) is 12.1 Å². The van der Waals surface area contributed by atoms with Gasteiger partial charge in [0.15, 0.2) is 0 Å². The van der Waals surface area contributed by atoms with Crippen LogP contribution in [0.4, 0.5) is 24.8 Å². The van der Waals surface area contributed by atoms with Crippen molar-refractivity contribution in [3.05, 3.63) is 17.7 Å². The zero-order valence-corrected chi connectivity index (χ0v) is 11.3. The summed E-state index contributed by atoms with van der Waals surface area (Å²) in [6.45, 7) is 3.46. The van der Waals surface area contributed by atoms with E-state index in [0.29, 0.717) is 0 Å². The largest absolute Gasteiger partial charge is 0.467 e. The summed E-state index contributed by atoms with van der Waals surface area (Å²) in [4.78, 5) is 15.3. The van der Waals surface area contributed by atoms with Gasteiger partial charge in [-0.05, 0) is 18.1 Å². The average molecular weight is 291 g/mol. The molecule has 112 valence electrons. The first-order valence-corrected chi connectivity index (χ1v) is 5.84. The van der Waals surface area contributed by atoms with Gasteiger partial charge in [-0.1, -0.05) is 13.8 Å². The topological polar surface area (TPSA) is 77.2 Å². The third kappa shape index (κ3) is 4.01. The lowest BCUT2D eigenvalue weighted by atomic mass is 10.0. The van der Waals surface area contributed by atoms with Crippen molar-refractivity contribution in [2.75, 3.05) is 18.2 Å². The van der Waals surface area contributed by atoms with Gasteiger partial charge in [-0.2, -0.15) is 13.2 Å². The van der Waals surface area contributed by atoms with E-state index < -0.39 is 23.8 Å². The number of nitrogens with zero attached hydrogens (tertiary/aromatic N) is 1. The molecule has 0 aliphatic carbocycles. The lowest BCUT2D eigenvalue weighted by Gasteiger charge is -2.21. The lowest BCUT2D eigenvalue weighted by molar-refractivity contribution is -0.142. The maximum absolute atomic E-state index is 12.7. The standard InChI is InChI=1S/C12H16F3N3O2/c1-6(2)10(11(19)20-3)18-9-5-7(12(13,14)15)4-8(16)17-9/h4-6,10H,1-3H3,(H3,16,17,18). The van der Waals surface area contributed by atoms with Gasteiger partial charge in [-0.25, -0.2) is 9.78 Å². The van der Waals surface area contributed by atoms with Crippen LogP contribution in [0.5, 0.6) is 0 Å². The van der Waals surface area contributed by atoms with Crippen LogP contribution < -0.4 is 11.1 Å². The Morgan fingerprint density at radius 2 is 2.00 bits per heavy atom. The zero-order valence-electron chi connectivity index (χ0n) is 11.3. The lowest BCUT2D eigenvalue weighted by Crippen LogP contribution is -2.35. The first-order chi connectivity index (χ1) is 9.15. The van der Waals surface area contributed by atoms with Crippen LogP contribution in [0.3, 0.4) is 0 Å². The zero-order chi connectivity index (χ0) is 15.5. The number of alkyl halides is 3. The number of anilines is 2. The molecule has 1 heterocycles. The van der Waals surface area contributed by atoms with Gasteiger partial charge in [-0.15, -0.1) is 0 Å². The third-order valence-corrected chi connectivity index (χ3v) is 2.60. The van der Waals surface area contributed by atoms with Gasteiger partial charge < -0.3 is 15.8 Å². The number of nitrogens with one attached hydrogen (secondary N) is 1. The molecule has 1 aromatic heterocycles. The predicted molar refractivity (Wildman–Crippen MR) is 67.9 cm³/mol. The first-order valence-electron chi connectivity index (χ1n) is 5.84. The highest BCUT2D eigenvalue weighted by molar-refractivity contribution is 5.79. The highest BCUT2D eigenvalue weighted by Crippen LogP contribution is 2.31. The highest BCUT2D eigenvalue weighted by Gasteiger charge is 2.32. The molecule has 5 nitrogen and oxygen atoms in total. The van der Waals surface area contributed by atoms with Crippen molar-refractivity contribution in [2.24, 2.45) is 5.92 Å². The second kappa shape index (κ2) is 5.98. The monoisotopic (exact) mass is 291 g/mol. The molecule has 0 saturated heterocycles. The molecule has 0 saturated carbocycles. The fraction of sp³-hybridized carbons (Fsp3) is 0.500. The van der Waals surface area contributed by atoms with Gasteiger partial charge in [0.1, 0.15) is 17.7 Å². The summed E-state index contributed by atoms with van der Waals surface area (Å²) in [6, 6.07) is 0.720. The smallest absolute Gasteiger partial charge is 0.416 e. The first kappa shape index (κ1) is 16.1. The van der Waals surface area contributed by atoms with Crippen molar-refractivity contribution in [1.29, 1.82) is 0 Å². The van der Waals surface area contributed by atoms with E-state index in [2.05, 4.69) is 15.0 Å². The van der Waals surface area contributed by atoms with E-state index in [4.69, 9.17) is 5.73 Å². The number of hydrogen-bond donors (Lipinski definition) is 2. The Morgan fingerprint density at radius 1 is 1.40 bits per heavy atom. The van der Waals surface area contributed by atoms with E-state index in [0.717, 1.165) is 12.1 Å². The predicted octanol–water partition coefficient (Wildman–Crippen LogP) is 2.29. The van der Waals surface area contributed by atoms with Crippen molar-refractivity contribution >= 4 is 17.6 Å². The van der Waals surface area contributed by atoms with Crippen LogP contribution >= 0.6 is 0 Å². The van der Waals surface area contributed by atoms with Gasteiger partial charge in [-0.3, -0.25) is 0 Å². The van der Waals surface area contributed by atoms with Crippen LogP contribution in [-0.2, 0) is 15.7 Å². The normalized spacial score (nSPS) is 13.2. The number of esters is 1. The second-order valence-corrected chi connectivity index (χ2v) is 4.55. The number of ether oxygens (including phenoxy) is 1. The third-order valence-electron chi connectivity index (χ3n) is 2.60. The molecular formula is C12H16F3N3O2. The SMILES string of the molecule is COC(=O)C(Nc1cc(C(F)(F)F)cc(N)n1)C(C)C. The van der Waals surface area contributed by atoms with E-state index in [1.807, 2.05) is 0 Å². The number of nitrogen functional groups attached to an aromatic ring is 1. The Bertz CT molecular complexity index is 489. The molecule has 0 amide bonds. The van der Waals surface area contributed by atoms with Gasteiger partial charge in [0.25, 0.3) is 0 Å². The van der Waals surface area contributed by atoms with Gasteiger partial charge in [0.05, 0.1) is 12.7 Å². The summed E-state index contributed by atoms with van der Waals surface area (Å²) in [7, 11) is 1.20. The van der Waals surface area contributed by atoms with Crippen LogP contribution in [0, 0.1) is 5.92 Å². The summed E-state index contributed by atoms with van der Waals surface area (Å²) in [5.74, 6) is -1.19. The van der Waals surface area contributed by atoms with E-state index in [1.165, 1.54) is 7.11 Å². The van der Waals surface area contributed by atoms with Crippen LogP contribution in [0.2, 0.25) is 0 Å². The summed E-state index contributed by atoms with van der Waals surface area (Å²) >= 11 is 0. The van der Waals surface area contributed by atoms with E-state index in [-0.39, 0.29) is 17.6 Å². The number of nitrogens with two attached hydrogens (primary N) is 1. The number of carbonyl (C=O) groups is 1. The maximum Gasteiger partial charge on any atom is 0.416 e. The second-order valence-electron chi connectivity index (χ2n) is 4.55. The quantitative estimate of drug-likeness (QED) is 0.832. The Hall–Kier alpha value is -1.99. The van der Waals surface area contributed by atoms with Crippen LogP contribution in [-0.4, -0.2) is 24.1 Å². The van der Waals surface area contributed by atoms with Crippen LogP contribution in [0.1, 0.15) is 19.4 Å². The minimum atomic E-state index is -4.54. The van der Waals surface area contributed by atoms with Gasteiger partial charge in [0.2, 0.25) is 0 Å². The molecule has 1 unspecified atom stereocenters. The average Bonchev–Trinajstić information content (AvgIpc) is 2.33. The molecule has 1 rings (SSSR count). The molecule has 0 fully saturated rings. The van der Waals surface area contributed by atoms with E-state index >= 15 is 0 Å². The highest BCUT2D eigenvalue weighted by atomic mass is 19.4. The van der Waals surface area contributed by atoms with Crippen molar-refractivity contribution in [3.63, 3.8) is 0 Å². The minimum Gasteiger partial charge on any atom is -0.467 e. The molecule has 0 radical (unpaired) electrons. The summed E-state index contributed by atoms with van der Waals surface area (Å²) in [5, 5.41) is 2.62. The molecule has 0 aliphatic rings. The maximum atomic E-state index is 12.7. The fourth-order valence-electron chi connectivity index (χ4n) is 1.57.